The van der Waals surface area contributed by atoms with Gasteiger partial charge in [0.05, 0.1) is 11.9 Å². The summed E-state index contributed by atoms with van der Waals surface area (Å²) in [6, 6.07) is 14.2. The Bertz CT molecular complexity index is 566. The van der Waals surface area contributed by atoms with Crippen molar-refractivity contribution < 1.29 is 4.79 Å². The van der Waals surface area contributed by atoms with Crippen molar-refractivity contribution in [2.75, 3.05) is 10.6 Å². The number of benzene rings is 1. The van der Waals surface area contributed by atoms with Crippen molar-refractivity contribution in [3.8, 4) is 0 Å². The van der Waals surface area contributed by atoms with Crippen LogP contribution in [-0.2, 0) is 4.79 Å². The molecule has 2 rings (SSSR count). The van der Waals surface area contributed by atoms with Gasteiger partial charge in [-0.2, -0.15) is 0 Å². The lowest BCUT2D eigenvalue weighted by molar-refractivity contribution is -0.116. The minimum Gasteiger partial charge on any atom is -0.377 e. The van der Waals surface area contributed by atoms with Gasteiger partial charge in [-0.15, -0.1) is 0 Å². The minimum atomic E-state index is 0.00311. The van der Waals surface area contributed by atoms with Crippen LogP contribution in [0.15, 0.2) is 48.7 Å². The van der Waals surface area contributed by atoms with Crippen LogP contribution in [0.5, 0.6) is 0 Å². The summed E-state index contributed by atoms with van der Waals surface area (Å²) >= 11 is 0. The van der Waals surface area contributed by atoms with Gasteiger partial charge in [0.1, 0.15) is 5.82 Å². The maximum Gasteiger partial charge on any atom is 0.225 e. The summed E-state index contributed by atoms with van der Waals surface area (Å²) in [6.07, 6.45) is 3.09. The van der Waals surface area contributed by atoms with E-state index in [4.69, 9.17) is 0 Å². The summed E-state index contributed by atoms with van der Waals surface area (Å²) < 4.78 is 0. The van der Waals surface area contributed by atoms with E-state index in [0.29, 0.717) is 12.2 Å². The molecule has 0 saturated heterocycles. The minimum absolute atomic E-state index is 0.00311. The second-order valence-electron chi connectivity index (χ2n) is 5.01. The molecule has 4 nitrogen and oxygen atoms in total. The highest BCUT2D eigenvalue weighted by molar-refractivity contribution is 5.89. The molecule has 2 aromatic rings. The summed E-state index contributed by atoms with van der Waals surface area (Å²) in [5, 5.41) is 6.17. The molecular formula is C17H21N3O. The van der Waals surface area contributed by atoms with E-state index in [-0.39, 0.29) is 11.9 Å². The van der Waals surface area contributed by atoms with Gasteiger partial charge in [0.15, 0.2) is 0 Å². The number of amides is 1. The van der Waals surface area contributed by atoms with Crippen LogP contribution in [0.3, 0.4) is 0 Å². The first-order chi connectivity index (χ1) is 10.2. The first-order valence-electron chi connectivity index (χ1n) is 7.26. The van der Waals surface area contributed by atoms with Gasteiger partial charge < -0.3 is 10.6 Å². The van der Waals surface area contributed by atoms with Crippen LogP contribution in [0.2, 0.25) is 0 Å². The molecule has 1 aromatic carbocycles. The predicted octanol–water partition coefficient (Wildman–Crippen LogP) is 3.99. The molecule has 1 heterocycles. The van der Waals surface area contributed by atoms with Crippen molar-refractivity contribution in [3.05, 3.63) is 54.2 Å². The Balaban J connectivity index is 1.95. The van der Waals surface area contributed by atoms with Gasteiger partial charge in [0.25, 0.3) is 0 Å². The predicted molar refractivity (Wildman–Crippen MR) is 86.3 cm³/mol. The van der Waals surface area contributed by atoms with Gasteiger partial charge >= 0.3 is 0 Å². The van der Waals surface area contributed by atoms with E-state index >= 15 is 0 Å². The van der Waals surface area contributed by atoms with Crippen LogP contribution in [0.1, 0.15) is 38.3 Å². The zero-order valence-electron chi connectivity index (χ0n) is 12.5. The van der Waals surface area contributed by atoms with Gasteiger partial charge in [-0.3, -0.25) is 4.79 Å². The summed E-state index contributed by atoms with van der Waals surface area (Å²) in [5.74, 6) is 0.592. The van der Waals surface area contributed by atoms with Crippen LogP contribution in [0.4, 0.5) is 11.5 Å². The SMILES string of the molecule is CCCC(=O)Nc1ccc(NC(C)c2ccccc2)cn1. The zero-order chi connectivity index (χ0) is 15.1. The van der Waals surface area contributed by atoms with E-state index in [0.717, 1.165) is 12.1 Å². The van der Waals surface area contributed by atoms with E-state index in [1.54, 1.807) is 6.20 Å². The van der Waals surface area contributed by atoms with E-state index in [9.17, 15) is 4.79 Å². The fraction of sp³-hybridized carbons (Fsp3) is 0.294. The maximum atomic E-state index is 11.5. The van der Waals surface area contributed by atoms with Gasteiger partial charge in [-0.1, -0.05) is 37.3 Å². The molecule has 0 aliphatic heterocycles. The number of rotatable bonds is 6. The Kier molecular flexibility index (Phi) is 5.32. The second kappa shape index (κ2) is 7.43. The fourth-order valence-corrected chi connectivity index (χ4v) is 2.06. The molecule has 0 saturated carbocycles. The molecule has 0 bridgehead atoms. The Hall–Kier alpha value is -2.36. The van der Waals surface area contributed by atoms with Crippen LogP contribution < -0.4 is 10.6 Å². The molecule has 0 fully saturated rings. The van der Waals surface area contributed by atoms with E-state index in [1.165, 1.54) is 5.56 Å². The van der Waals surface area contributed by atoms with E-state index < -0.39 is 0 Å². The molecule has 0 spiro atoms. The maximum absolute atomic E-state index is 11.5. The zero-order valence-corrected chi connectivity index (χ0v) is 12.5. The number of carbonyl (C=O) groups excluding carboxylic acids is 1. The third-order valence-electron chi connectivity index (χ3n) is 3.19. The van der Waals surface area contributed by atoms with Gasteiger partial charge in [0.2, 0.25) is 5.91 Å². The smallest absolute Gasteiger partial charge is 0.225 e. The molecule has 0 aliphatic carbocycles. The Morgan fingerprint density at radius 1 is 1.19 bits per heavy atom. The average Bonchev–Trinajstić information content (AvgIpc) is 2.50. The number of nitrogens with zero attached hydrogens (tertiary/aromatic N) is 1. The molecule has 1 atom stereocenters. The summed E-state index contributed by atoms with van der Waals surface area (Å²) in [7, 11) is 0. The average molecular weight is 283 g/mol. The third-order valence-corrected chi connectivity index (χ3v) is 3.19. The lowest BCUT2D eigenvalue weighted by Crippen LogP contribution is -2.12. The lowest BCUT2D eigenvalue weighted by Gasteiger charge is -2.15. The molecule has 0 aliphatic rings. The molecule has 4 heteroatoms. The molecule has 1 aromatic heterocycles. The van der Waals surface area contributed by atoms with Crippen LogP contribution in [-0.4, -0.2) is 10.9 Å². The van der Waals surface area contributed by atoms with Crippen LogP contribution in [0, 0.1) is 0 Å². The molecule has 21 heavy (non-hydrogen) atoms. The molecule has 1 amide bonds. The summed E-state index contributed by atoms with van der Waals surface area (Å²) in [6.45, 7) is 4.08. The van der Waals surface area contributed by atoms with Crippen molar-refractivity contribution in [2.24, 2.45) is 0 Å². The lowest BCUT2D eigenvalue weighted by atomic mass is 10.1. The Morgan fingerprint density at radius 3 is 2.57 bits per heavy atom. The highest BCUT2D eigenvalue weighted by atomic mass is 16.1. The van der Waals surface area contributed by atoms with Crippen molar-refractivity contribution in [2.45, 2.75) is 32.7 Å². The molecular weight excluding hydrogens is 262 g/mol. The third kappa shape index (κ3) is 4.60. The van der Waals surface area contributed by atoms with Gasteiger partial charge in [-0.25, -0.2) is 4.98 Å². The molecule has 110 valence electrons. The van der Waals surface area contributed by atoms with Crippen molar-refractivity contribution in [1.29, 1.82) is 0 Å². The molecule has 2 N–H and O–H groups in total. The van der Waals surface area contributed by atoms with Crippen molar-refractivity contribution in [1.82, 2.24) is 4.98 Å². The second-order valence-corrected chi connectivity index (χ2v) is 5.01. The largest absolute Gasteiger partial charge is 0.377 e. The number of carbonyl (C=O) groups is 1. The van der Waals surface area contributed by atoms with E-state index in [1.807, 2.05) is 37.3 Å². The summed E-state index contributed by atoms with van der Waals surface area (Å²) in [5.41, 5.74) is 2.15. The number of pyridine rings is 1. The highest BCUT2D eigenvalue weighted by Crippen LogP contribution is 2.19. The van der Waals surface area contributed by atoms with E-state index in [2.05, 4.69) is 34.7 Å². The summed E-state index contributed by atoms with van der Waals surface area (Å²) in [4.78, 5) is 15.7. The highest BCUT2D eigenvalue weighted by Gasteiger charge is 2.05. The Labute approximate surface area is 125 Å². The number of hydrogen-bond acceptors (Lipinski definition) is 3. The standard InChI is InChI=1S/C17H21N3O/c1-3-7-17(21)20-16-11-10-15(12-18-16)19-13(2)14-8-5-4-6-9-14/h4-6,8-13,19H,3,7H2,1-2H3,(H,18,20,21). The topological polar surface area (TPSA) is 54.0 Å². The number of nitrogens with one attached hydrogen (secondary N) is 2. The first kappa shape index (κ1) is 15.0. The van der Waals surface area contributed by atoms with Gasteiger partial charge in [0, 0.05) is 12.5 Å². The van der Waals surface area contributed by atoms with Crippen LogP contribution in [0.25, 0.3) is 0 Å². The number of hydrogen-bond donors (Lipinski definition) is 2. The Morgan fingerprint density at radius 2 is 1.95 bits per heavy atom. The number of aromatic nitrogens is 1. The monoisotopic (exact) mass is 283 g/mol. The van der Waals surface area contributed by atoms with Gasteiger partial charge in [-0.05, 0) is 31.0 Å². The molecule has 1 unspecified atom stereocenters. The fourth-order valence-electron chi connectivity index (χ4n) is 2.06. The number of anilines is 2. The van der Waals surface area contributed by atoms with Crippen LogP contribution >= 0.6 is 0 Å². The quantitative estimate of drug-likeness (QED) is 0.842. The first-order valence-corrected chi connectivity index (χ1v) is 7.26. The molecule has 0 radical (unpaired) electrons. The van der Waals surface area contributed by atoms with Crippen molar-refractivity contribution >= 4 is 17.4 Å². The normalized spacial score (nSPS) is 11.7. The van der Waals surface area contributed by atoms with Crippen molar-refractivity contribution in [3.63, 3.8) is 0 Å².